The lowest BCUT2D eigenvalue weighted by Gasteiger charge is -2.02. The maximum absolute atomic E-state index is 5.56. The molecule has 0 aliphatic carbocycles. The van der Waals surface area contributed by atoms with Gasteiger partial charge in [-0.15, -0.1) is 0 Å². The van der Waals surface area contributed by atoms with Crippen LogP contribution in [0.3, 0.4) is 0 Å². The number of rotatable bonds is 2. The van der Waals surface area contributed by atoms with Gasteiger partial charge in [0.25, 0.3) is 6.01 Å². The largest absolute Gasteiger partial charge is 0.423 e. The molecule has 0 aliphatic rings. The standard InChI is InChI=1S/C11H13N3O/c1-7(2)9-10(15-11(12)14-9)8-4-3-5-13-6-8/h3-7H,1-2H3,(H2,12,14). The molecule has 2 rings (SSSR count). The summed E-state index contributed by atoms with van der Waals surface area (Å²) in [4.78, 5) is 8.21. The predicted octanol–water partition coefficient (Wildman–Crippen LogP) is 2.44. The summed E-state index contributed by atoms with van der Waals surface area (Å²) in [5.74, 6) is 0.997. The molecule has 15 heavy (non-hydrogen) atoms. The van der Waals surface area contributed by atoms with E-state index in [4.69, 9.17) is 10.2 Å². The van der Waals surface area contributed by atoms with Crippen molar-refractivity contribution in [1.29, 1.82) is 0 Å². The van der Waals surface area contributed by atoms with E-state index in [0.717, 1.165) is 17.0 Å². The van der Waals surface area contributed by atoms with E-state index in [2.05, 4.69) is 23.8 Å². The lowest BCUT2D eigenvalue weighted by Crippen LogP contribution is -1.91. The monoisotopic (exact) mass is 203 g/mol. The molecule has 0 radical (unpaired) electrons. The normalized spacial score (nSPS) is 10.9. The maximum Gasteiger partial charge on any atom is 0.292 e. The van der Waals surface area contributed by atoms with Gasteiger partial charge in [0.2, 0.25) is 0 Å². The van der Waals surface area contributed by atoms with Gasteiger partial charge in [0.15, 0.2) is 5.76 Å². The number of aromatic nitrogens is 2. The van der Waals surface area contributed by atoms with Crippen LogP contribution in [0.2, 0.25) is 0 Å². The number of hydrogen-bond acceptors (Lipinski definition) is 4. The summed E-state index contributed by atoms with van der Waals surface area (Å²) in [6.07, 6.45) is 3.46. The molecule has 4 nitrogen and oxygen atoms in total. The van der Waals surface area contributed by atoms with Crippen molar-refractivity contribution in [3.8, 4) is 11.3 Å². The highest BCUT2D eigenvalue weighted by molar-refractivity contribution is 5.60. The second kappa shape index (κ2) is 3.73. The predicted molar refractivity (Wildman–Crippen MR) is 58.2 cm³/mol. The van der Waals surface area contributed by atoms with Crippen LogP contribution in [0.1, 0.15) is 25.5 Å². The van der Waals surface area contributed by atoms with Crippen molar-refractivity contribution >= 4 is 6.01 Å². The Kier molecular flexibility index (Phi) is 2.41. The van der Waals surface area contributed by atoms with Crippen molar-refractivity contribution in [2.45, 2.75) is 19.8 Å². The third-order valence-corrected chi connectivity index (χ3v) is 2.14. The topological polar surface area (TPSA) is 64.9 Å². The van der Waals surface area contributed by atoms with E-state index in [1.807, 2.05) is 12.1 Å². The molecule has 0 saturated heterocycles. The summed E-state index contributed by atoms with van der Waals surface area (Å²) in [5.41, 5.74) is 7.34. The number of pyridine rings is 1. The molecule has 4 heteroatoms. The van der Waals surface area contributed by atoms with Crippen LogP contribution in [-0.2, 0) is 0 Å². The Labute approximate surface area is 88.2 Å². The fourth-order valence-corrected chi connectivity index (χ4v) is 1.44. The molecule has 0 aromatic carbocycles. The van der Waals surface area contributed by atoms with E-state index >= 15 is 0 Å². The first-order valence-electron chi connectivity index (χ1n) is 4.85. The van der Waals surface area contributed by atoms with Gasteiger partial charge in [-0.25, -0.2) is 0 Å². The number of nitrogens with two attached hydrogens (primary N) is 1. The summed E-state index contributed by atoms with van der Waals surface area (Å²) in [6, 6.07) is 3.99. The summed E-state index contributed by atoms with van der Waals surface area (Å²) >= 11 is 0. The van der Waals surface area contributed by atoms with Gasteiger partial charge in [-0.05, 0) is 18.1 Å². The highest BCUT2D eigenvalue weighted by atomic mass is 16.4. The molecule has 2 N–H and O–H groups in total. The van der Waals surface area contributed by atoms with Crippen LogP contribution in [0, 0.1) is 0 Å². The zero-order chi connectivity index (χ0) is 10.8. The van der Waals surface area contributed by atoms with Crippen molar-refractivity contribution in [2.75, 3.05) is 5.73 Å². The van der Waals surface area contributed by atoms with Crippen molar-refractivity contribution < 1.29 is 4.42 Å². The molecule has 0 saturated carbocycles. The third kappa shape index (κ3) is 1.83. The van der Waals surface area contributed by atoms with Gasteiger partial charge in [-0.3, -0.25) is 4.98 Å². The van der Waals surface area contributed by atoms with E-state index < -0.39 is 0 Å². The van der Waals surface area contributed by atoms with Gasteiger partial charge < -0.3 is 10.2 Å². The minimum atomic E-state index is 0.206. The minimum Gasteiger partial charge on any atom is -0.423 e. The quantitative estimate of drug-likeness (QED) is 0.814. The first-order valence-corrected chi connectivity index (χ1v) is 4.85. The van der Waals surface area contributed by atoms with E-state index in [1.54, 1.807) is 12.4 Å². The molecule has 0 amide bonds. The fraction of sp³-hybridized carbons (Fsp3) is 0.273. The van der Waals surface area contributed by atoms with Crippen LogP contribution in [-0.4, -0.2) is 9.97 Å². The Morgan fingerprint density at radius 1 is 1.40 bits per heavy atom. The second-order valence-electron chi connectivity index (χ2n) is 3.66. The summed E-state index contributed by atoms with van der Waals surface area (Å²) in [6.45, 7) is 4.11. The number of hydrogen-bond donors (Lipinski definition) is 1. The van der Waals surface area contributed by atoms with E-state index in [0.29, 0.717) is 0 Å². The molecule has 0 bridgehead atoms. The summed E-state index contributed by atoms with van der Waals surface area (Å²) in [5, 5.41) is 0. The zero-order valence-electron chi connectivity index (χ0n) is 8.77. The van der Waals surface area contributed by atoms with Crippen molar-refractivity contribution in [3.63, 3.8) is 0 Å². The molecular formula is C11H13N3O. The average Bonchev–Trinajstić information content (AvgIpc) is 2.62. The van der Waals surface area contributed by atoms with Gasteiger partial charge in [0, 0.05) is 18.0 Å². The van der Waals surface area contributed by atoms with Gasteiger partial charge in [-0.2, -0.15) is 4.98 Å². The number of nitrogens with zero attached hydrogens (tertiary/aromatic N) is 2. The molecule has 2 aromatic rings. The Morgan fingerprint density at radius 3 is 2.80 bits per heavy atom. The van der Waals surface area contributed by atoms with Gasteiger partial charge >= 0.3 is 0 Å². The van der Waals surface area contributed by atoms with Crippen molar-refractivity contribution in [3.05, 3.63) is 30.2 Å². The van der Waals surface area contributed by atoms with E-state index in [-0.39, 0.29) is 11.9 Å². The third-order valence-electron chi connectivity index (χ3n) is 2.14. The average molecular weight is 203 g/mol. The molecule has 0 atom stereocenters. The lowest BCUT2D eigenvalue weighted by atomic mass is 10.1. The molecular weight excluding hydrogens is 190 g/mol. The second-order valence-corrected chi connectivity index (χ2v) is 3.66. The van der Waals surface area contributed by atoms with Crippen LogP contribution in [0.5, 0.6) is 0 Å². The van der Waals surface area contributed by atoms with Gasteiger partial charge in [0.05, 0.1) is 5.69 Å². The fourth-order valence-electron chi connectivity index (χ4n) is 1.44. The number of oxazole rings is 1. The summed E-state index contributed by atoms with van der Waals surface area (Å²) < 4.78 is 5.39. The highest BCUT2D eigenvalue weighted by Gasteiger charge is 2.16. The lowest BCUT2D eigenvalue weighted by molar-refractivity contribution is 0.592. The number of nitrogen functional groups attached to an aromatic ring is 1. The summed E-state index contributed by atoms with van der Waals surface area (Å²) in [7, 11) is 0. The molecule has 0 unspecified atom stereocenters. The number of anilines is 1. The van der Waals surface area contributed by atoms with Crippen LogP contribution in [0.4, 0.5) is 6.01 Å². The van der Waals surface area contributed by atoms with Gasteiger partial charge in [-0.1, -0.05) is 13.8 Å². The smallest absolute Gasteiger partial charge is 0.292 e. The SMILES string of the molecule is CC(C)c1nc(N)oc1-c1cccnc1. The van der Waals surface area contributed by atoms with Crippen molar-refractivity contribution in [1.82, 2.24) is 9.97 Å². The van der Waals surface area contributed by atoms with Crippen molar-refractivity contribution in [2.24, 2.45) is 0 Å². The van der Waals surface area contributed by atoms with Crippen LogP contribution in [0.25, 0.3) is 11.3 Å². The Bertz CT molecular complexity index is 448. The molecule has 0 spiro atoms. The molecule has 78 valence electrons. The Hall–Kier alpha value is -1.84. The molecule has 0 fully saturated rings. The van der Waals surface area contributed by atoms with Crippen LogP contribution >= 0.6 is 0 Å². The van der Waals surface area contributed by atoms with Crippen LogP contribution in [0.15, 0.2) is 28.9 Å². The minimum absolute atomic E-state index is 0.206. The first kappa shape index (κ1) is 9.71. The van der Waals surface area contributed by atoms with Gasteiger partial charge in [0.1, 0.15) is 0 Å². The van der Waals surface area contributed by atoms with Crippen LogP contribution < -0.4 is 5.73 Å². The van der Waals surface area contributed by atoms with E-state index in [1.165, 1.54) is 0 Å². The molecule has 0 aliphatic heterocycles. The van der Waals surface area contributed by atoms with E-state index in [9.17, 15) is 0 Å². The highest BCUT2D eigenvalue weighted by Crippen LogP contribution is 2.29. The molecule has 2 heterocycles. The Balaban J connectivity index is 2.53. The Morgan fingerprint density at radius 2 is 2.20 bits per heavy atom. The molecule has 2 aromatic heterocycles. The zero-order valence-corrected chi connectivity index (χ0v) is 8.77. The first-order chi connectivity index (χ1) is 7.18. The maximum atomic E-state index is 5.56.